The van der Waals surface area contributed by atoms with Crippen molar-refractivity contribution >= 4 is 11.9 Å². The molecule has 16 heavy (non-hydrogen) atoms. The van der Waals surface area contributed by atoms with Gasteiger partial charge in [-0.15, -0.1) is 0 Å². The highest BCUT2D eigenvalue weighted by Crippen LogP contribution is 1.98. The van der Waals surface area contributed by atoms with Gasteiger partial charge in [-0.2, -0.15) is 5.10 Å². The maximum Gasteiger partial charge on any atom is 0.328 e. The van der Waals surface area contributed by atoms with Crippen LogP contribution < -0.4 is 5.32 Å². The molecule has 1 heterocycles. The summed E-state index contributed by atoms with van der Waals surface area (Å²) in [6.07, 6.45) is 0. The first kappa shape index (κ1) is 12.2. The van der Waals surface area contributed by atoms with Crippen LogP contribution in [0.15, 0.2) is 0 Å². The van der Waals surface area contributed by atoms with Crippen molar-refractivity contribution in [3.05, 3.63) is 11.6 Å². The van der Waals surface area contributed by atoms with Crippen LogP contribution in [0.5, 0.6) is 0 Å². The second-order valence-electron chi connectivity index (χ2n) is 3.48. The Balaban J connectivity index is 2.79. The number of carbonyl (C=O) groups excluding carboxylic acids is 1. The number of aliphatic carboxylic acids is 1. The monoisotopic (exact) mass is 226 g/mol. The standard InChI is InChI=1S/C9H14N4O3/c1-5-10-6(2)13(12-5)4-8(9(15)16)11-7(3)14/h8H,4H2,1-3H3,(H,11,14)(H,15,16). The number of aryl methyl sites for hydroxylation is 2. The molecule has 1 unspecified atom stereocenters. The number of nitrogens with zero attached hydrogens (tertiary/aromatic N) is 3. The lowest BCUT2D eigenvalue weighted by molar-refractivity contribution is -0.142. The van der Waals surface area contributed by atoms with E-state index in [2.05, 4.69) is 15.4 Å². The predicted octanol–water partition coefficient (Wildman–Crippen LogP) is -0.516. The number of hydrogen-bond acceptors (Lipinski definition) is 4. The summed E-state index contributed by atoms with van der Waals surface area (Å²) in [6, 6.07) is -0.989. The van der Waals surface area contributed by atoms with Gasteiger partial charge in [0.2, 0.25) is 5.91 Å². The Morgan fingerprint density at radius 2 is 2.12 bits per heavy atom. The number of amides is 1. The third kappa shape index (κ3) is 3.04. The number of nitrogens with one attached hydrogen (secondary N) is 1. The third-order valence-corrected chi connectivity index (χ3v) is 1.99. The molecule has 1 amide bonds. The minimum Gasteiger partial charge on any atom is -0.480 e. The number of carboxylic acid groups (broad SMARTS) is 1. The van der Waals surface area contributed by atoms with Crippen LogP contribution >= 0.6 is 0 Å². The molecule has 0 aliphatic heterocycles. The van der Waals surface area contributed by atoms with E-state index in [9.17, 15) is 9.59 Å². The molecule has 0 aliphatic carbocycles. The Morgan fingerprint density at radius 3 is 2.50 bits per heavy atom. The average molecular weight is 226 g/mol. The molecule has 7 heteroatoms. The fourth-order valence-electron chi connectivity index (χ4n) is 1.34. The minimum absolute atomic E-state index is 0.0710. The van der Waals surface area contributed by atoms with E-state index in [1.165, 1.54) is 11.6 Å². The van der Waals surface area contributed by atoms with Gasteiger partial charge in [-0.05, 0) is 13.8 Å². The zero-order valence-corrected chi connectivity index (χ0v) is 9.39. The summed E-state index contributed by atoms with van der Waals surface area (Å²) in [6.45, 7) is 4.79. The summed E-state index contributed by atoms with van der Waals surface area (Å²) < 4.78 is 1.46. The normalized spacial score (nSPS) is 12.2. The molecule has 0 saturated carbocycles. The lowest BCUT2D eigenvalue weighted by Crippen LogP contribution is -2.43. The molecule has 7 nitrogen and oxygen atoms in total. The van der Waals surface area contributed by atoms with Gasteiger partial charge in [0, 0.05) is 6.92 Å². The fourth-order valence-corrected chi connectivity index (χ4v) is 1.34. The number of carbonyl (C=O) groups is 2. The molecular weight excluding hydrogens is 212 g/mol. The summed E-state index contributed by atoms with van der Waals surface area (Å²) in [7, 11) is 0. The summed E-state index contributed by atoms with van der Waals surface area (Å²) in [5.74, 6) is -0.289. The zero-order chi connectivity index (χ0) is 12.3. The van der Waals surface area contributed by atoms with E-state index < -0.39 is 12.0 Å². The Morgan fingerprint density at radius 1 is 1.50 bits per heavy atom. The SMILES string of the molecule is CC(=O)NC(Cn1nc(C)nc1C)C(=O)O. The van der Waals surface area contributed by atoms with E-state index in [-0.39, 0.29) is 12.5 Å². The molecule has 2 N–H and O–H groups in total. The first-order valence-corrected chi connectivity index (χ1v) is 4.78. The van der Waals surface area contributed by atoms with Gasteiger partial charge in [-0.1, -0.05) is 0 Å². The van der Waals surface area contributed by atoms with Crippen LogP contribution in [0.3, 0.4) is 0 Å². The van der Waals surface area contributed by atoms with Gasteiger partial charge in [0.05, 0.1) is 6.54 Å². The summed E-state index contributed by atoms with van der Waals surface area (Å²) in [5, 5.41) is 15.3. The molecule has 0 radical (unpaired) electrons. The number of carboxylic acids is 1. The van der Waals surface area contributed by atoms with Gasteiger partial charge < -0.3 is 10.4 Å². The first-order chi connectivity index (χ1) is 7.40. The molecule has 88 valence electrons. The van der Waals surface area contributed by atoms with Gasteiger partial charge in [0.15, 0.2) is 0 Å². The third-order valence-electron chi connectivity index (χ3n) is 1.99. The summed E-state index contributed by atoms with van der Waals surface area (Å²) in [5.41, 5.74) is 0. The molecular formula is C9H14N4O3. The van der Waals surface area contributed by atoms with E-state index in [0.717, 1.165) is 0 Å². The van der Waals surface area contributed by atoms with Gasteiger partial charge in [-0.25, -0.2) is 14.5 Å². The Hall–Kier alpha value is -1.92. The number of rotatable bonds is 4. The Bertz CT molecular complexity index is 413. The molecule has 0 saturated heterocycles. The second kappa shape index (κ2) is 4.73. The van der Waals surface area contributed by atoms with E-state index in [4.69, 9.17) is 5.11 Å². The Kier molecular flexibility index (Phi) is 3.60. The van der Waals surface area contributed by atoms with Crippen molar-refractivity contribution in [2.24, 2.45) is 0 Å². The van der Waals surface area contributed by atoms with Crippen molar-refractivity contribution in [3.8, 4) is 0 Å². The van der Waals surface area contributed by atoms with Crippen molar-refractivity contribution in [3.63, 3.8) is 0 Å². The molecule has 1 atom stereocenters. The Labute approximate surface area is 92.5 Å². The van der Waals surface area contributed by atoms with E-state index in [1.54, 1.807) is 13.8 Å². The van der Waals surface area contributed by atoms with E-state index in [0.29, 0.717) is 11.6 Å². The molecule has 0 bridgehead atoms. The molecule has 1 aromatic rings. The van der Waals surface area contributed by atoms with Crippen LogP contribution in [0.2, 0.25) is 0 Å². The molecule has 0 spiro atoms. The summed E-state index contributed by atoms with van der Waals surface area (Å²) >= 11 is 0. The molecule has 1 aromatic heterocycles. The maximum atomic E-state index is 10.9. The molecule has 1 rings (SSSR count). The smallest absolute Gasteiger partial charge is 0.328 e. The highest BCUT2D eigenvalue weighted by molar-refractivity contribution is 5.81. The van der Waals surface area contributed by atoms with Crippen LogP contribution in [-0.2, 0) is 16.1 Å². The maximum absolute atomic E-state index is 10.9. The van der Waals surface area contributed by atoms with Crippen LogP contribution in [0, 0.1) is 13.8 Å². The van der Waals surface area contributed by atoms with E-state index >= 15 is 0 Å². The van der Waals surface area contributed by atoms with Gasteiger partial charge in [0.1, 0.15) is 17.7 Å². The second-order valence-corrected chi connectivity index (χ2v) is 3.48. The fraction of sp³-hybridized carbons (Fsp3) is 0.556. The quantitative estimate of drug-likeness (QED) is 0.720. The summed E-state index contributed by atoms with van der Waals surface area (Å²) in [4.78, 5) is 25.7. The van der Waals surface area contributed by atoms with Crippen molar-refractivity contribution in [1.82, 2.24) is 20.1 Å². The van der Waals surface area contributed by atoms with Crippen LogP contribution in [0.1, 0.15) is 18.6 Å². The largest absolute Gasteiger partial charge is 0.480 e. The first-order valence-electron chi connectivity index (χ1n) is 4.78. The van der Waals surface area contributed by atoms with Crippen LogP contribution in [0.4, 0.5) is 0 Å². The van der Waals surface area contributed by atoms with Crippen molar-refractivity contribution in [2.75, 3.05) is 0 Å². The van der Waals surface area contributed by atoms with Crippen LogP contribution in [0.25, 0.3) is 0 Å². The van der Waals surface area contributed by atoms with Gasteiger partial charge >= 0.3 is 5.97 Å². The number of aromatic nitrogens is 3. The van der Waals surface area contributed by atoms with Gasteiger partial charge in [-0.3, -0.25) is 4.79 Å². The van der Waals surface area contributed by atoms with E-state index in [1.807, 2.05) is 0 Å². The van der Waals surface area contributed by atoms with Crippen molar-refractivity contribution < 1.29 is 14.7 Å². The lowest BCUT2D eigenvalue weighted by Gasteiger charge is -2.13. The number of hydrogen-bond donors (Lipinski definition) is 2. The highest BCUT2D eigenvalue weighted by atomic mass is 16.4. The lowest BCUT2D eigenvalue weighted by atomic mass is 10.3. The predicted molar refractivity (Wildman–Crippen MR) is 54.7 cm³/mol. The molecule has 0 aliphatic rings. The molecule has 0 fully saturated rings. The molecule has 0 aromatic carbocycles. The minimum atomic E-state index is -1.09. The zero-order valence-electron chi connectivity index (χ0n) is 9.39. The van der Waals surface area contributed by atoms with Crippen molar-refractivity contribution in [1.29, 1.82) is 0 Å². The average Bonchev–Trinajstić information content (AvgIpc) is 2.43. The van der Waals surface area contributed by atoms with Crippen LogP contribution in [-0.4, -0.2) is 37.8 Å². The topological polar surface area (TPSA) is 97.1 Å². The highest BCUT2D eigenvalue weighted by Gasteiger charge is 2.20. The van der Waals surface area contributed by atoms with Gasteiger partial charge in [0.25, 0.3) is 0 Å². The van der Waals surface area contributed by atoms with Crippen molar-refractivity contribution in [2.45, 2.75) is 33.4 Å².